The predicted molar refractivity (Wildman–Crippen MR) is 60.6 cm³/mol. The van der Waals surface area contributed by atoms with Crippen LogP contribution >= 0.6 is 0 Å². The molecule has 1 amide bonds. The van der Waals surface area contributed by atoms with E-state index >= 15 is 0 Å². The third kappa shape index (κ3) is 2.51. The topological polar surface area (TPSA) is 32.3 Å². The van der Waals surface area contributed by atoms with E-state index in [2.05, 4.69) is 24.1 Å². The van der Waals surface area contributed by atoms with E-state index in [0.29, 0.717) is 30.5 Å². The average Bonchev–Trinajstić information content (AvgIpc) is 2.72. The lowest BCUT2D eigenvalue weighted by atomic mass is 10.2. The third-order valence-electron chi connectivity index (χ3n) is 3.49. The summed E-state index contributed by atoms with van der Waals surface area (Å²) in [7, 11) is 0. The Morgan fingerprint density at radius 3 is 2.60 bits per heavy atom. The van der Waals surface area contributed by atoms with E-state index in [1.807, 2.05) is 0 Å². The van der Waals surface area contributed by atoms with E-state index in [1.54, 1.807) is 0 Å². The molecular formula is C12H22N2O. The summed E-state index contributed by atoms with van der Waals surface area (Å²) >= 11 is 0. The fourth-order valence-electron chi connectivity index (χ4n) is 2.88. The highest BCUT2D eigenvalue weighted by Crippen LogP contribution is 2.27. The summed E-state index contributed by atoms with van der Waals surface area (Å²) in [4.78, 5) is 14.0. The highest BCUT2D eigenvalue weighted by Gasteiger charge is 2.35. The Morgan fingerprint density at radius 1 is 1.33 bits per heavy atom. The van der Waals surface area contributed by atoms with Crippen LogP contribution in [0.3, 0.4) is 0 Å². The standard InChI is InChI=1S/C12H22N2O/c1-9(2)13-10-7-12(15)14(8-10)11-5-3-4-6-11/h9-11,13H,3-8H2,1-2H3. The van der Waals surface area contributed by atoms with Gasteiger partial charge in [-0.2, -0.15) is 0 Å². The number of carbonyl (C=O) groups is 1. The van der Waals surface area contributed by atoms with Crippen LogP contribution in [0.1, 0.15) is 46.0 Å². The van der Waals surface area contributed by atoms with Crippen LogP contribution in [0.5, 0.6) is 0 Å². The number of rotatable bonds is 3. The summed E-state index contributed by atoms with van der Waals surface area (Å²) in [5.74, 6) is 0.361. The molecule has 0 aromatic heterocycles. The van der Waals surface area contributed by atoms with Crippen molar-refractivity contribution < 1.29 is 4.79 Å². The molecule has 15 heavy (non-hydrogen) atoms. The molecule has 1 saturated carbocycles. The second kappa shape index (κ2) is 4.52. The van der Waals surface area contributed by atoms with E-state index in [9.17, 15) is 4.79 Å². The van der Waals surface area contributed by atoms with Gasteiger partial charge in [0.1, 0.15) is 0 Å². The SMILES string of the molecule is CC(C)NC1CC(=O)N(C2CCCC2)C1. The van der Waals surface area contributed by atoms with Crippen LogP contribution in [0.2, 0.25) is 0 Å². The molecule has 0 aromatic rings. The van der Waals surface area contributed by atoms with E-state index in [-0.39, 0.29) is 0 Å². The van der Waals surface area contributed by atoms with E-state index < -0.39 is 0 Å². The first-order chi connectivity index (χ1) is 7.16. The number of nitrogens with zero attached hydrogens (tertiary/aromatic N) is 1. The van der Waals surface area contributed by atoms with Crippen molar-refractivity contribution in [2.75, 3.05) is 6.54 Å². The molecule has 86 valence electrons. The Balaban J connectivity index is 1.89. The molecule has 1 heterocycles. The van der Waals surface area contributed by atoms with E-state index in [4.69, 9.17) is 0 Å². The van der Waals surface area contributed by atoms with Crippen LogP contribution in [-0.4, -0.2) is 35.5 Å². The molecule has 0 aromatic carbocycles. The maximum absolute atomic E-state index is 11.8. The Hall–Kier alpha value is -0.570. The number of hydrogen-bond donors (Lipinski definition) is 1. The van der Waals surface area contributed by atoms with Crippen molar-refractivity contribution in [3.05, 3.63) is 0 Å². The van der Waals surface area contributed by atoms with Gasteiger partial charge in [-0.1, -0.05) is 26.7 Å². The third-order valence-corrected chi connectivity index (χ3v) is 3.49. The first-order valence-corrected chi connectivity index (χ1v) is 6.22. The normalized spacial score (nSPS) is 28.3. The van der Waals surface area contributed by atoms with Crippen molar-refractivity contribution in [1.82, 2.24) is 10.2 Å². The van der Waals surface area contributed by atoms with Gasteiger partial charge in [0.25, 0.3) is 0 Å². The molecule has 1 N–H and O–H groups in total. The van der Waals surface area contributed by atoms with Crippen LogP contribution in [0, 0.1) is 0 Å². The molecule has 2 rings (SSSR count). The Bertz CT molecular complexity index is 234. The Morgan fingerprint density at radius 2 is 2.00 bits per heavy atom. The van der Waals surface area contributed by atoms with Crippen LogP contribution in [0.15, 0.2) is 0 Å². The van der Waals surface area contributed by atoms with Crippen LogP contribution in [0.4, 0.5) is 0 Å². The Kier molecular flexibility index (Phi) is 3.29. The summed E-state index contributed by atoms with van der Waals surface area (Å²) in [6.07, 6.45) is 5.75. The first kappa shape index (κ1) is 10.9. The monoisotopic (exact) mass is 210 g/mol. The van der Waals surface area contributed by atoms with E-state index in [1.165, 1.54) is 25.7 Å². The molecule has 2 aliphatic rings. The van der Waals surface area contributed by atoms with Crippen molar-refractivity contribution in [1.29, 1.82) is 0 Å². The second-order valence-corrected chi connectivity index (χ2v) is 5.21. The summed E-state index contributed by atoms with van der Waals surface area (Å²) in [6.45, 7) is 5.22. The maximum Gasteiger partial charge on any atom is 0.224 e. The average molecular weight is 210 g/mol. The van der Waals surface area contributed by atoms with Crippen molar-refractivity contribution in [3.63, 3.8) is 0 Å². The van der Waals surface area contributed by atoms with Crippen molar-refractivity contribution in [2.45, 2.75) is 64.1 Å². The predicted octanol–water partition coefficient (Wildman–Crippen LogP) is 1.53. The molecule has 3 heteroatoms. The maximum atomic E-state index is 11.8. The van der Waals surface area contributed by atoms with Gasteiger partial charge in [-0.3, -0.25) is 4.79 Å². The summed E-state index contributed by atoms with van der Waals surface area (Å²) in [6, 6.07) is 1.42. The zero-order valence-corrected chi connectivity index (χ0v) is 9.83. The fraction of sp³-hybridized carbons (Fsp3) is 0.917. The quantitative estimate of drug-likeness (QED) is 0.766. The van der Waals surface area contributed by atoms with E-state index in [0.717, 1.165) is 6.54 Å². The molecular weight excluding hydrogens is 188 g/mol. The van der Waals surface area contributed by atoms with Gasteiger partial charge in [0, 0.05) is 31.1 Å². The Labute approximate surface area is 92.2 Å². The molecule has 2 fully saturated rings. The van der Waals surface area contributed by atoms with Gasteiger partial charge in [0.2, 0.25) is 5.91 Å². The zero-order chi connectivity index (χ0) is 10.8. The lowest BCUT2D eigenvalue weighted by molar-refractivity contribution is -0.129. The lowest BCUT2D eigenvalue weighted by Crippen LogP contribution is -2.39. The van der Waals surface area contributed by atoms with Gasteiger partial charge in [-0.25, -0.2) is 0 Å². The number of hydrogen-bond acceptors (Lipinski definition) is 2. The zero-order valence-electron chi connectivity index (χ0n) is 9.83. The number of carbonyl (C=O) groups excluding carboxylic acids is 1. The van der Waals surface area contributed by atoms with Crippen LogP contribution < -0.4 is 5.32 Å². The summed E-state index contributed by atoms with van der Waals surface area (Å²) in [5.41, 5.74) is 0. The van der Waals surface area contributed by atoms with Gasteiger partial charge in [-0.05, 0) is 12.8 Å². The van der Waals surface area contributed by atoms with Gasteiger partial charge in [-0.15, -0.1) is 0 Å². The molecule has 1 aliphatic heterocycles. The molecule has 1 atom stereocenters. The number of amides is 1. The largest absolute Gasteiger partial charge is 0.338 e. The highest BCUT2D eigenvalue weighted by molar-refractivity contribution is 5.79. The van der Waals surface area contributed by atoms with Gasteiger partial charge >= 0.3 is 0 Å². The van der Waals surface area contributed by atoms with Gasteiger partial charge in [0.15, 0.2) is 0 Å². The molecule has 0 spiro atoms. The highest BCUT2D eigenvalue weighted by atomic mass is 16.2. The molecule has 1 unspecified atom stereocenters. The van der Waals surface area contributed by atoms with Crippen LogP contribution in [-0.2, 0) is 4.79 Å². The minimum atomic E-state index is 0.361. The number of nitrogens with one attached hydrogen (secondary N) is 1. The smallest absolute Gasteiger partial charge is 0.224 e. The first-order valence-electron chi connectivity index (χ1n) is 6.22. The molecule has 0 radical (unpaired) electrons. The molecule has 3 nitrogen and oxygen atoms in total. The van der Waals surface area contributed by atoms with Crippen molar-refractivity contribution in [3.8, 4) is 0 Å². The second-order valence-electron chi connectivity index (χ2n) is 5.21. The van der Waals surface area contributed by atoms with Crippen molar-refractivity contribution in [2.24, 2.45) is 0 Å². The molecule has 1 aliphatic carbocycles. The molecule has 1 saturated heterocycles. The minimum Gasteiger partial charge on any atom is -0.338 e. The summed E-state index contributed by atoms with van der Waals surface area (Å²) in [5, 5.41) is 3.46. The summed E-state index contributed by atoms with van der Waals surface area (Å²) < 4.78 is 0. The molecule has 0 bridgehead atoms. The number of likely N-dealkylation sites (tertiary alicyclic amines) is 1. The lowest BCUT2D eigenvalue weighted by Gasteiger charge is -2.24. The fourth-order valence-corrected chi connectivity index (χ4v) is 2.88. The minimum absolute atomic E-state index is 0.361. The van der Waals surface area contributed by atoms with Gasteiger partial charge < -0.3 is 10.2 Å². The van der Waals surface area contributed by atoms with Gasteiger partial charge in [0.05, 0.1) is 0 Å². The van der Waals surface area contributed by atoms with Crippen LogP contribution in [0.25, 0.3) is 0 Å². The van der Waals surface area contributed by atoms with Crippen molar-refractivity contribution >= 4 is 5.91 Å².